The minimum Gasteiger partial charge on any atom is -0.489 e. The van der Waals surface area contributed by atoms with Crippen molar-refractivity contribution in [2.24, 2.45) is 0 Å². The van der Waals surface area contributed by atoms with Crippen LogP contribution in [0.25, 0.3) is 0 Å². The van der Waals surface area contributed by atoms with Gasteiger partial charge in [0.15, 0.2) is 0 Å². The smallest absolute Gasteiger partial charge is 0.144 e. The Bertz CT molecular complexity index is 637. The van der Waals surface area contributed by atoms with E-state index < -0.39 is 0 Å². The first-order valence-electron chi connectivity index (χ1n) is 7.57. The molecule has 3 nitrogen and oxygen atoms in total. The van der Waals surface area contributed by atoms with Gasteiger partial charge in [0.05, 0.1) is 11.8 Å². The molecule has 21 heavy (non-hydrogen) atoms. The van der Waals surface area contributed by atoms with Crippen LogP contribution in [0.1, 0.15) is 25.8 Å². The number of rotatable bonds is 3. The molecule has 0 fully saturated rings. The minimum atomic E-state index is 0.121. The Kier molecular flexibility index (Phi) is 3.74. The van der Waals surface area contributed by atoms with E-state index in [0.29, 0.717) is 5.69 Å². The predicted octanol–water partition coefficient (Wildman–Crippen LogP) is 4.14. The maximum Gasteiger partial charge on any atom is 0.144 e. The minimum absolute atomic E-state index is 0.121. The lowest BCUT2D eigenvalue weighted by Gasteiger charge is -2.31. The van der Waals surface area contributed by atoms with Gasteiger partial charge in [-0.05, 0) is 50.5 Å². The highest BCUT2D eigenvalue weighted by Gasteiger charge is 2.18. The lowest BCUT2D eigenvalue weighted by atomic mass is 10.0. The van der Waals surface area contributed by atoms with Crippen LogP contribution in [0.3, 0.4) is 0 Å². The molecule has 0 bridgehead atoms. The molecule has 1 aliphatic heterocycles. The van der Waals surface area contributed by atoms with Crippen LogP contribution >= 0.6 is 0 Å². The summed E-state index contributed by atoms with van der Waals surface area (Å²) in [5.74, 6) is 0.769. The summed E-state index contributed by atoms with van der Waals surface area (Å²) in [6.45, 7) is 5.06. The van der Waals surface area contributed by atoms with Crippen LogP contribution in [-0.2, 0) is 6.42 Å². The molecule has 0 aliphatic carbocycles. The first-order valence-corrected chi connectivity index (χ1v) is 7.57. The maximum absolute atomic E-state index is 6.02. The van der Waals surface area contributed by atoms with E-state index in [2.05, 4.69) is 41.3 Å². The van der Waals surface area contributed by atoms with Gasteiger partial charge in [-0.15, -0.1) is 0 Å². The lowest BCUT2D eigenvalue weighted by Crippen LogP contribution is -2.24. The molecule has 0 radical (unpaired) electrons. The Labute approximate surface area is 126 Å². The van der Waals surface area contributed by atoms with E-state index in [0.717, 1.165) is 24.4 Å². The van der Waals surface area contributed by atoms with Gasteiger partial charge in [0.2, 0.25) is 0 Å². The zero-order valence-electron chi connectivity index (χ0n) is 12.7. The van der Waals surface area contributed by atoms with Gasteiger partial charge in [-0.2, -0.15) is 0 Å². The number of nitrogens with zero attached hydrogens (tertiary/aromatic N) is 1. The highest BCUT2D eigenvalue weighted by atomic mass is 16.5. The third kappa shape index (κ3) is 2.82. The summed E-state index contributed by atoms with van der Waals surface area (Å²) >= 11 is 0. The first-order chi connectivity index (χ1) is 10.1. The fourth-order valence-electron chi connectivity index (χ4n) is 2.85. The van der Waals surface area contributed by atoms with Crippen molar-refractivity contribution in [2.45, 2.75) is 32.8 Å². The number of fused-ring (bicyclic) bond motifs is 1. The Balaban J connectivity index is 1.98. The highest BCUT2D eigenvalue weighted by molar-refractivity contribution is 5.71. The van der Waals surface area contributed by atoms with Gasteiger partial charge in [0.25, 0.3) is 0 Å². The first kappa shape index (κ1) is 13.8. The molecule has 3 heteroatoms. The Hall–Kier alpha value is -2.16. The van der Waals surface area contributed by atoms with Crippen LogP contribution in [0, 0.1) is 0 Å². The molecule has 0 atom stereocenters. The molecule has 0 spiro atoms. The van der Waals surface area contributed by atoms with Crippen LogP contribution in [-0.4, -0.2) is 12.6 Å². The second-order valence-corrected chi connectivity index (χ2v) is 5.77. The summed E-state index contributed by atoms with van der Waals surface area (Å²) in [6, 6.07) is 14.7. The van der Waals surface area contributed by atoms with Crippen LogP contribution < -0.4 is 15.4 Å². The number of hydrogen-bond donors (Lipinski definition) is 1. The summed E-state index contributed by atoms with van der Waals surface area (Å²) in [4.78, 5) is 2.35. The molecular formula is C18H22N2O. The molecule has 3 rings (SSSR count). The molecule has 2 N–H and O–H groups in total. The second kappa shape index (κ2) is 5.68. The topological polar surface area (TPSA) is 38.5 Å². The summed E-state index contributed by atoms with van der Waals surface area (Å²) in [5.41, 5.74) is 10.6. The number of hydrogen-bond acceptors (Lipinski definition) is 3. The quantitative estimate of drug-likeness (QED) is 0.860. The fraction of sp³-hybridized carbons (Fsp3) is 0.333. The summed E-state index contributed by atoms with van der Waals surface area (Å²) in [6.07, 6.45) is 2.44. The predicted molar refractivity (Wildman–Crippen MR) is 88.4 cm³/mol. The van der Waals surface area contributed by atoms with Crippen molar-refractivity contribution in [3.8, 4) is 5.75 Å². The molecular weight excluding hydrogens is 260 g/mol. The van der Waals surface area contributed by atoms with Crippen molar-refractivity contribution in [2.75, 3.05) is 17.2 Å². The van der Waals surface area contributed by atoms with E-state index in [1.165, 1.54) is 17.7 Å². The summed E-state index contributed by atoms with van der Waals surface area (Å²) in [7, 11) is 0. The summed E-state index contributed by atoms with van der Waals surface area (Å²) in [5, 5.41) is 0. The van der Waals surface area contributed by atoms with Gasteiger partial charge in [0.1, 0.15) is 5.75 Å². The van der Waals surface area contributed by atoms with E-state index in [1.54, 1.807) is 0 Å². The van der Waals surface area contributed by atoms with E-state index in [9.17, 15) is 0 Å². The molecule has 0 saturated carbocycles. The van der Waals surface area contributed by atoms with Crippen molar-refractivity contribution in [3.05, 3.63) is 48.0 Å². The molecule has 1 heterocycles. The number of aryl methyl sites for hydroxylation is 1. The van der Waals surface area contributed by atoms with E-state index in [-0.39, 0.29) is 6.10 Å². The van der Waals surface area contributed by atoms with Crippen LogP contribution in [0.2, 0.25) is 0 Å². The third-order valence-corrected chi connectivity index (χ3v) is 3.78. The number of benzene rings is 2. The zero-order valence-corrected chi connectivity index (χ0v) is 12.7. The van der Waals surface area contributed by atoms with Crippen LogP contribution in [0.4, 0.5) is 17.1 Å². The van der Waals surface area contributed by atoms with E-state index in [4.69, 9.17) is 10.5 Å². The maximum atomic E-state index is 6.02. The molecule has 0 amide bonds. The fourth-order valence-corrected chi connectivity index (χ4v) is 2.85. The normalized spacial score (nSPS) is 14.1. The van der Waals surface area contributed by atoms with Gasteiger partial charge >= 0.3 is 0 Å². The third-order valence-electron chi connectivity index (χ3n) is 3.78. The molecule has 110 valence electrons. The Morgan fingerprint density at radius 3 is 2.76 bits per heavy atom. The van der Waals surface area contributed by atoms with E-state index in [1.807, 2.05) is 19.9 Å². The molecule has 2 aromatic rings. The van der Waals surface area contributed by atoms with Crippen LogP contribution in [0.5, 0.6) is 5.75 Å². The standard InChI is InChI=1S/C18H22N2O/c1-13(2)21-18-12-15(9-10-16(18)19)20-11-5-7-14-6-3-4-8-17(14)20/h3-4,6,8-10,12-13H,5,7,11,19H2,1-2H3. The van der Waals surface area contributed by atoms with E-state index >= 15 is 0 Å². The number of ether oxygens (including phenoxy) is 1. The largest absolute Gasteiger partial charge is 0.489 e. The average Bonchev–Trinajstić information content (AvgIpc) is 2.48. The molecule has 0 aromatic heterocycles. The SMILES string of the molecule is CC(C)Oc1cc(N2CCCc3ccccc32)ccc1N. The monoisotopic (exact) mass is 282 g/mol. The Morgan fingerprint density at radius 2 is 1.95 bits per heavy atom. The number of anilines is 3. The van der Waals surface area contributed by atoms with Crippen molar-refractivity contribution < 1.29 is 4.74 Å². The van der Waals surface area contributed by atoms with Crippen molar-refractivity contribution in [3.63, 3.8) is 0 Å². The zero-order chi connectivity index (χ0) is 14.8. The molecule has 0 unspecified atom stereocenters. The van der Waals surface area contributed by atoms with Crippen molar-refractivity contribution >= 4 is 17.1 Å². The van der Waals surface area contributed by atoms with Gasteiger partial charge in [-0.1, -0.05) is 18.2 Å². The average molecular weight is 282 g/mol. The molecule has 2 aromatic carbocycles. The van der Waals surface area contributed by atoms with Crippen molar-refractivity contribution in [1.29, 1.82) is 0 Å². The second-order valence-electron chi connectivity index (χ2n) is 5.77. The summed E-state index contributed by atoms with van der Waals surface area (Å²) < 4.78 is 5.81. The van der Waals surface area contributed by atoms with Gasteiger partial charge in [-0.3, -0.25) is 0 Å². The molecule has 0 saturated heterocycles. The number of para-hydroxylation sites is 1. The number of nitrogen functional groups attached to an aromatic ring is 1. The van der Waals surface area contributed by atoms with Crippen LogP contribution in [0.15, 0.2) is 42.5 Å². The molecule has 1 aliphatic rings. The van der Waals surface area contributed by atoms with Gasteiger partial charge < -0.3 is 15.4 Å². The van der Waals surface area contributed by atoms with Crippen molar-refractivity contribution in [1.82, 2.24) is 0 Å². The van der Waals surface area contributed by atoms with Gasteiger partial charge in [-0.25, -0.2) is 0 Å². The lowest BCUT2D eigenvalue weighted by molar-refractivity contribution is 0.244. The van der Waals surface area contributed by atoms with Gasteiger partial charge in [0, 0.05) is 24.0 Å². The Morgan fingerprint density at radius 1 is 1.14 bits per heavy atom. The number of nitrogens with two attached hydrogens (primary N) is 1. The highest BCUT2D eigenvalue weighted by Crippen LogP contribution is 2.36.